The maximum Gasteiger partial charge on any atom is 0.364 e. The summed E-state index contributed by atoms with van der Waals surface area (Å²) in [5, 5.41) is 0. The highest BCUT2D eigenvalue weighted by atomic mass is 79.9. The molecule has 0 atom stereocenters. The van der Waals surface area contributed by atoms with Crippen molar-refractivity contribution in [3.8, 4) is 0 Å². The summed E-state index contributed by atoms with van der Waals surface area (Å²) < 4.78 is 5.08. The molecule has 5 heteroatoms. The molecule has 4 nitrogen and oxygen atoms in total. The Hall–Kier alpha value is -1.23. The molecule has 68 valence electrons. The van der Waals surface area contributed by atoms with Gasteiger partial charge in [0.15, 0.2) is 0 Å². The summed E-state index contributed by atoms with van der Waals surface area (Å²) in [5.74, 6) is -1.38. The molecule has 0 aliphatic heterocycles. The number of ether oxygens (including phenoxy) is 1. The fourth-order valence-electron chi connectivity index (χ4n) is 0.679. The minimum Gasteiger partial charge on any atom is -0.388 e. The van der Waals surface area contributed by atoms with Gasteiger partial charge in [-0.05, 0) is 28.1 Å². The van der Waals surface area contributed by atoms with Crippen molar-refractivity contribution in [1.29, 1.82) is 0 Å². The Bertz CT molecular complexity index is 334. The van der Waals surface area contributed by atoms with Gasteiger partial charge in [0.25, 0.3) is 0 Å². The van der Waals surface area contributed by atoms with Crippen molar-refractivity contribution in [2.45, 2.75) is 6.92 Å². The van der Waals surface area contributed by atoms with E-state index >= 15 is 0 Å². The van der Waals surface area contributed by atoms with Crippen molar-refractivity contribution in [2.24, 2.45) is 0 Å². The summed E-state index contributed by atoms with van der Waals surface area (Å²) in [6.07, 6.45) is 1.46. The zero-order valence-electron chi connectivity index (χ0n) is 6.78. The lowest BCUT2D eigenvalue weighted by atomic mass is 10.3. The highest BCUT2D eigenvalue weighted by Gasteiger charge is 2.10. The van der Waals surface area contributed by atoms with Crippen LogP contribution in [-0.4, -0.2) is 16.9 Å². The Balaban J connectivity index is 2.78. The SMILES string of the molecule is CC(=O)OC(=O)c1ccc(Br)cn1. The number of halogens is 1. The van der Waals surface area contributed by atoms with Gasteiger partial charge in [-0.25, -0.2) is 9.78 Å². The lowest BCUT2D eigenvalue weighted by molar-refractivity contribution is -0.135. The molecule has 0 amide bonds. The molecule has 0 aromatic carbocycles. The van der Waals surface area contributed by atoms with E-state index < -0.39 is 11.9 Å². The van der Waals surface area contributed by atoms with E-state index in [1.165, 1.54) is 12.3 Å². The van der Waals surface area contributed by atoms with E-state index in [0.717, 1.165) is 11.4 Å². The third kappa shape index (κ3) is 2.95. The van der Waals surface area contributed by atoms with E-state index in [2.05, 4.69) is 25.7 Å². The average Bonchev–Trinajstić information content (AvgIpc) is 2.04. The molecule has 0 bridgehead atoms. The van der Waals surface area contributed by atoms with E-state index in [-0.39, 0.29) is 5.69 Å². The maximum absolute atomic E-state index is 11.0. The predicted molar refractivity (Wildman–Crippen MR) is 48.0 cm³/mol. The van der Waals surface area contributed by atoms with Crippen LogP contribution in [0.3, 0.4) is 0 Å². The van der Waals surface area contributed by atoms with E-state index in [1.807, 2.05) is 0 Å². The Morgan fingerprint density at radius 2 is 2.15 bits per heavy atom. The monoisotopic (exact) mass is 243 g/mol. The lowest BCUT2D eigenvalue weighted by Crippen LogP contribution is -2.10. The van der Waals surface area contributed by atoms with Crippen molar-refractivity contribution in [3.63, 3.8) is 0 Å². The largest absolute Gasteiger partial charge is 0.388 e. The van der Waals surface area contributed by atoms with Crippen LogP contribution in [0.15, 0.2) is 22.8 Å². The molecule has 1 aromatic rings. The van der Waals surface area contributed by atoms with Gasteiger partial charge in [-0.2, -0.15) is 0 Å². The van der Waals surface area contributed by atoms with Gasteiger partial charge in [-0.3, -0.25) is 4.79 Å². The summed E-state index contributed by atoms with van der Waals surface area (Å²) in [5.41, 5.74) is 0.110. The first-order valence-electron chi connectivity index (χ1n) is 3.44. The number of aromatic nitrogens is 1. The van der Waals surface area contributed by atoms with Gasteiger partial charge in [0.05, 0.1) is 0 Å². The first kappa shape index (κ1) is 9.85. The fraction of sp³-hybridized carbons (Fsp3) is 0.125. The molecule has 0 aliphatic carbocycles. The molecule has 0 radical (unpaired) electrons. The molecule has 1 heterocycles. The molecular formula is C8H6BrNO3. The van der Waals surface area contributed by atoms with Crippen LogP contribution in [0.5, 0.6) is 0 Å². The number of rotatable bonds is 1. The molecule has 13 heavy (non-hydrogen) atoms. The van der Waals surface area contributed by atoms with E-state index in [9.17, 15) is 9.59 Å². The smallest absolute Gasteiger partial charge is 0.364 e. The summed E-state index contributed by atoms with van der Waals surface area (Å²) in [6.45, 7) is 1.16. The average molecular weight is 244 g/mol. The summed E-state index contributed by atoms with van der Waals surface area (Å²) >= 11 is 3.16. The van der Waals surface area contributed by atoms with Gasteiger partial charge in [0, 0.05) is 17.6 Å². The van der Waals surface area contributed by atoms with Gasteiger partial charge in [0.1, 0.15) is 5.69 Å². The van der Waals surface area contributed by atoms with Crippen LogP contribution in [0.2, 0.25) is 0 Å². The second kappa shape index (κ2) is 4.13. The maximum atomic E-state index is 11.0. The number of hydrogen-bond donors (Lipinski definition) is 0. The first-order valence-corrected chi connectivity index (χ1v) is 4.23. The van der Waals surface area contributed by atoms with E-state index in [4.69, 9.17) is 0 Å². The quantitative estimate of drug-likeness (QED) is 0.555. The van der Waals surface area contributed by atoms with Crippen molar-refractivity contribution in [2.75, 3.05) is 0 Å². The molecule has 1 aromatic heterocycles. The van der Waals surface area contributed by atoms with Crippen molar-refractivity contribution in [3.05, 3.63) is 28.5 Å². The van der Waals surface area contributed by atoms with E-state index in [1.54, 1.807) is 6.07 Å². The number of carbonyl (C=O) groups excluding carboxylic acids is 2. The molecular weight excluding hydrogens is 238 g/mol. The Kier molecular flexibility index (Phi) is 3.13. The van der Waals surface area contributed by atoms with Crippen LogP contribution in [0.25, 0.3) is 0 Å². The van der Waals surface area contributed by atoms with Crippen LogP contribution in [-0.2, 0) is 9.53 Å². The van der Waals surface area contributed by atoms with Crippen LogP contribution in [0.1, 0.15) is 17.4 Å². The second-order valence-corrected chi connectivity index (χ2v) is 3.16. The van der Waals surface area contributed by atoms with Crippen LogP contribution in [0.4, 0.5) is 0 Å². The lowest BCUT2D eigenvalue weighted by Gasteiger charge is -1.98. The topological polar surface area (TPSA) is 56.3 Å². The third-order valence-electron chi connectivity index (χ3n) is 1.17. The second-order valence-electron chi connectivity index (χ2n) is 2.24. The van der Waals surface area contributed by atoms with Gasteiger partial charge >= 0.3 is 11.9 Å². The number of pyridine rings is 1. The third-order valence-corrected chi connectivity index (χ3v) is 1.64. The number of hydrogen-bond acceptors (Lipinski definition) is 4. The van der Waals surface area contributed by atoms with Crippen molar-refractivity contribution >= 4 is 27.9 Å². The minimum absolute atomic E-state index is 0.110. The Labute approximate surface area is 83.1 Å². The number of nitrogens with zero attached hydrogens (tertiary/aromatic N) is 1. The normalized spacial score (nSPS) is 9.38. The molecule has 1 rings (SSSR count). The fourth-order valence-corrected chi connectivity index (χ4v) is 0.914. The molecule has 0 saturated carbocycles. The van der Waals surface area contributed by atoms with Crippen LogP contribution >= 0.6 is 15.9 Å². The summed E-state index contributed by atoms with van der Waals surface area (Å²) in [7, 11) is 0. The zero-order valence-corrected chi connectivity index (χ0v) is 8.37. The summed E-state index contributed by atoms with van der Waals surface area (Å²) in [6, 6.07) is 3.11. The molecule has 0 unspecified atom stereocenters. The molecule has 0 spiro atoms. The van der Waals surface area contributed by atoms with Crippen molar-refractivity contribution in [1.82, 2.24) is 4.98 Å². The standard InChI is InChI=1S/C8H6BrNO3/c1-5(11)13-8(12)7-3-2-6(9)4-10-7/h2-4H,1H3. The van der Waals surface area contributed by atoms with Crippen LogP contribution < -0.4 is 0 Å². The highest BCUT2D eigenvalue weighted by molar-refractivity contribution is 9.10. The van der Waals surface area contributed by atoms with Crippen LogP contribution in [0, 0.1) is 0 Å². The molecule has 0 N–H and O–H groups in total. The van der Waals surface area contributed by atoms with Gasteiger partial charge < -0.3 is 4.74 Å². The molecule has 0 saturated heterocycles. The number of carbonyl (C=O) groups is 2. The zero-order chi connectivity index (χ0) is 9.84. The Morgan fingerprint density at radius 3 is 2.62 bits per heavy atom. The molecule has 0 fully saturated rings. The number of esters is 2. The minimum atomic E-state index is -0.736. The van der Waals surface area contributed by atoms with E-state index in [0.29, 0.717) is 0 Å². The predicted octanol–water partition coefficient (Wildman–Crippen LogP) is 1.55. The Morgan fingerprint density at radius 1 is 1.46 bits per heavy atom. The van der Waals surface area contributed by atoms with Gasteiger partial charge in [-0.15, -0.1) is 0 Å². The van der Waals surface area contributed by atoms with Crippen molar-refractivity contribution < 1.29 is 14.3 Å². The highest BCUT2D eigenvalue weighted by Crippen LogP contribution is 2.07. The van der Waals surface area contributed by atoms with Gasteiger partial charge in [0.2, 0.25) is 0 Å². The molecule has 0 aliphatic rings. The summed E-state index contributed by atoms with van der Waals surface area (Å²) in [4.78, 5) is 25.2. The first-order chi connectivity index (χ1) is 6.09. The van der Waals surface area contributed by atoms with Gasteiger partial charge in [-0.1, -0.05) is 0 Å².